The second kappa shape index (κ2) is 8.87. The molecule has 1 unspecified atom stereocenters. The fraction of sp³-hybridized carbons (Fsp3) is 0.190. The number of hydrogen-bond donors (Lipinski definition) is 3. The molecule has 3 aromatic rings. The zero-order chi connectivity index (χ0) is 21.1. The van der Waals surface area contributed by atoms with E-state index >= 15 is 0 Å². The van der Waals surface area contributed by atoms with Crippen LogP contribution in [0, 0.1) is 0 Å². The standard InChI is InChI=1S/C21H18Cl2N4O3/c22-14-3-6-17(18(23)11-14)19-7-8-24-20(26-19)25-15-4-1-12-2-5-16(10-13(12)9-15)30-21(28)27-29/h2-3,5-8,10-11,15,29H,1,4,9H2,(H,27,28)(H,24,25,26). The summed E-state index contributed by atoms with van der Waals surface area (Å²) < 4.78 is 5.00. The van der Waals surface area contributed by atoms with Crippen LogP contribution in [0.5, 0.6) is 5.75 Å². The Morgan fingerprint density at radius 3 is 2.80 bits per heavy atom. The van der Waals surface area contributed by atoms with Crippen LogP contribution in [0.2, 0.25) is 10.0 Å². The molecule has 7 nitrogen and oxygen atoms in total. The lowest BCUT2D eigenvalue weighted by Crippen LogP contribution is -2.28. The zero-order valence-electron chi connectivity index (χ0n) is 15.7. The summed E-state index contributed by atoms with van der Waals surface area (Å²) >= 11 is 12.3. The minimum Gasteiger partial charge on any atom is -0.409 e. The highest BCUT2D eigenvalue weighted by Crippen LogP contribution is 2.30. The summed E-state index contributed by atoms with van der Waals surface area (Å²) in [4.78, 5) is 20.1. The maximum absolute atomic E-state index is 11.2. The van der Waals surface area contributed by atoms with Crippen molar-refractivity contribution < 1.29 is 14.7 Å². The van der Waals surface area contributed by atoms with Gasteiger partial charge in [0.25, 0.3) is 0 Å². The first-order valence-corrected chi connectivity index (χ1v) is 10.1. The van der Waals surface area contributed by atoms with Crippen molar-refractivity contribution in [2.75, 3.05) is 5.32 Å². The van der Waals surface area contributed by atoms with Gasteiger partial charge in [0, 0.05) is 22.8 Å². The second-order valence-corrected chi connectivity index (χ2v) is 7.75. The molecule has 4 rings (SSSR count). The van der Waals surface area contributed by atoms with Crippen LogP contribution in [0.15, 0.2) is 48.7 Å². The monoisotopic (exact) mass is 444 g/mol. The van der Waals surface area contributed by atoms with Crippen molar-refractivity contribution in [2.24, 2.45) is 0 Å². The van der Waals surface area contributed by atoms with Crippen molar-refractivity contribution in [3.8, 4) is 17.0 Å². The first-order chi connectivity index (χ1) is 14.5. The Balaban J connectivity index is 1.49. The zero-order valence-corrected chi connectivity index (χ0v) is 17.2. The van der Waals surface area contributed by atoms with E-state index in [1.165, 1.54) is 11.0 Å². The molecule has 0 radical (unpaired) electrons. The quantitative estimate of drug-likeness (QED) is 0.391. The number of aryl methyl sites for hydroxylation is 1. The minimum atomic E-state index is -0.925. The van der Waals surface area contributed by atoms with Crippen LogP contribution in [-0.2, 0) is 12.8 Å². The smallest absolute Gasteiger partial charge is 0.409 e. The maximum Gasteiger partial charge on any atom is 0.436 e. The van der Waals surface area contributed by atoms with Crippen LogP contribution in [0.4, 0.5) is 10.7 Å². The first kappa shape index (κ1) is 20.4. The Bertz CT molecular complexity index is 1090. The first-order valence-electron chi connectivity index (χ1n) is 9.30. The molecule has 1 aromatic heterocycles. The summed E-state index contributed by atoms with van der Waals surface area (Å²) in [5, 5.41) is 13.1. The summed E-state index contributed by atoms with van der Waals surface area (Å²) in [6.45, 7) is 0. The Morgan fingerprint density at radius 1 is 1.13 bits per heavy atom. The Hall–Kier alpha value is -2.87. The predicted octanol–water partition coefficient (Wildman–Crippen LogP) is 4.90. The van der Waals surface area contributed by atoms with E-state index in [0.717, 1.165) is 30.4 Å². The summed E-state index contributed by atoms with van der Waals surface area (Å²) in [5.74, 6) is 0.885. The number of halogens is 2. The molecule has 0 spiro atoms. The van der Waals surface area contributed by atoms with Gasteiger partial charge in [-0.25, -0.2) is 20.2 Å². The highest BCUT2D eigenvalue weighted by Gasteiger charge is 2.20. The van der Waals surface area contributed by atoms with E-state index in [4.69, 9.17) is 33.1 Å². The van der Waals surface area contributed by atoms with Crippen molar-refractivity contribution in [2.45, 2.75) is 25.3 Å². The number of ether oxygens (including phenoxy) is 1. The molecule has 154 valence electrons. The third kappa shape index (κ3) is 4.64. The average Bonchev–Trinajstić information content (AvgIpc) is 2.73. The number of carbonyl (C=O) groups excluding carboxylic acids is 1. The predicted molar refractivity (Wildman–Crippen MR) is 114 cm³/mol. The number of benzene rings is 2. The molecule has 1 amide bonds. The largest absolute Gasteiger partial charge is 0.436 e. The van der Waals surface area contributed by atoms with Gasteiger partial charge in [-0.15, -0.1) is 0 Å². The number of rotatable bonds is 4. The minimum absolute atomic E-state index is 0.121. The van der Waals surface area contributed by atoms with E-state index < -0.39 is 6.09 Å². The molecule has 0 aliphatic heterocycles. The molecule has 1 heterocycles. The SMILES string of the molecule is O=C(NO)Oc1ccc2c(c1)CC(Nc1nccc(-c3ccc(Cl)cc3Cl)n1)CC2. The molecule has 3 N–H and O–H groups in total. The number of nitrogens with zero attached hydrogens (tertiary/aromatic N) is 2. The average molecular weight is 445 g/mol. The Kier molecular flexibility index (Phi) is 6.03. The fourth-order valence-corrected chi connectivity index (χ4v) is 4.01. The Morgan fingerprint density at radius 2 is 2.00 bits per heavy atom. The molecular weight excluding hydrogens is 427 g/mol. The van der Waals surface area contributed by atoms with Crippen LogP contribution >= 0.6 is 23.2 Å². The van der Waals surface area contributed by atoms with Crippen molar-refractivity contribution in [3.05, 3.63) is 69.8 Å². The van der Waals surface area contributed by atoms with Crippen molar-refractivity contribution in [1.29, 1.82) is 0 Å². The molecule has 1 aliphatic rings. The van der Waals surface area contributed by atoms with Gasteiger partial charge in [-0.3, -0.25) is 5.21 Å². The van der Waals surface area contributed by atoms with Gasteiger partial charge in [0.1, 0.15) is 5.75 Å². The number of carbonyl (C=O) groups is 1. The van der Waals surface area contributed by atoms with Crippen LogP contribution in [0.1, 0.15) is 17.5 Å². The van der Waals surface area contributed by atoms with Crippen LogP contribution in [-0.4, -0.2) is 27.3 Å². The van der Waals surface area contributed by atoms with E-state index in [-0.39, 0.29) is 6.04 Å². The van der Waals surface area contributed by atoms with Gasteiger partial charge in [-0.2, -0.15) is 0 Å². The molecular formula is C21H18Cl2N4O3. The van der Waals surface area contributed by atoms with E-state index in [0.29, 0.717) is 27.4 Å². The number of aromatic nitrogens is 2. The van der Waals surface area contributed by atoms with Crippen molar-refractivity contribution in [3.63, 3.8) is 0 Å². The van der Waals surface area contributed by atoms with Gasteiger partial charge in [0.05, 0.1) is 10.7 Å². The molecule has 1 atom stereocenters. The third-order valence-corrected chi connectivity index (χ3v) is 5.45. The van der Waals surface area contributed by atoms with Gasteiger partial charge < -0.3 is 10.1 Å². The van der Waals surface area contributed by atoms with Crippen molar-refractivity contribution >= 4 is 35.2 Å². The van der Waals surface area contributed by atoms with E-state index in [2.05, 4.69) is 15.3 Å². The lowest BCUT2D eigenvalue weighted by molar-refractivity contribution is 0.127. The topological polar surface area (TPSA) is 96.4 Å². The number of hydrogen-bond acceptors (Lipinski definition) is 6. The van der Waals surface area contributed by atoms with Gasteiger partial charge in [-0.1, -0.05) is 29.3 Å². The lowest BCUT2D eigenvalue weighted by atomic mass is 9.88. The van der Waals surface area contributed by atoms with Crippen molar-refractivity contribution in [1.82, 2.24) is 15.4 Å². The highest BCUT2D eigenvalue weighted by molar-refractivity contribution is 6.36. The molecule has 0 saturated carbocycles. The highest BCUT2D eigenvalue weighted by atomic mass is 35.5. The summed E-state index contributed by atoms with van der Waals surface area (Å²) in [6, 6.07) is 12.7. The third-order valence-electron chi connectivity index (χ3n) is 4.90. The molecule has 1 aliphatic carbocycles. The number of hydroxylamine groups is 1. The van der Waals surface area contributed by atoms with Crippen LogP contribution in [0.3, 0.4) is 0 Å². The summed E-state index contributed by atoms with van der Waals surface area (Å²) in [5.41, 5.74) is 5.21. The van der Waals surface area contributed by atoms with E-state index in [1.54, 1.807) is 30.5 Å². The summed E-state index contributed by atoms with van der Waals surface area (Å²) in [7, 11) is 0. The Labute approximate surface area is 183 Å². The molecule has 0 bridgehead atoms. The maximum atomic E-state index is 11.2. The van der Waals surface area contributed by atoms with Gasteiger partial charge in [-0.05, 0) is 66.8 Å². The molecule has 0 saturated heterocycles. The molecule has 0 fully saturated rings. The van der Waals surface area contributed by atoms with Crippen LogP contribution in [0.25, 0.3) is 11.3 Å². The number of anilines is 1. The van der Waals surface area contributed by atoms with Gasteiger partial charge in [0.15, 0.2) is 0 Å². The number of amides is 1. The fourth-order valence-electron chi connectivity index (χ4n) is 3.51. The van der Waals surface area contributed by atoms with Gasteiger partial charge >= 0.3 is 6.09 Å². The molecule has 2 aromatic carbocycles. The van der Waals surface area contributed by atoms with Crippen LogP contribution < -0.4 is 15.5 Å². The number of nitrogens with one attached hydrogen (secondary N) is 2. The number of fused-ring (bicyclic) bond motifs is 1. The molecule has 30 heavy (non-hydrogen) atoms. The lowest BCUT2D eigenvalue weighted by Gasteiger charge is -2.26. The van der Waals surface area contributed by atoms with E-state index in [9.17, 15) is 4.79 Å². The normalized spacial score (nSPS) is 15.2. The molecule has 9 heteroatoms. The van der Waals surface area contributed by atoms with E-state index in [1.807, 2.05) is 18.2 Å². The van der Waals surface area contributed by atoms with Gasteiger partial charge in [0.2, 0.25) is 5.95 Å². The summed E-state index contributed by atoms with van der Waals surface area (Å²) in [6.07, 6.45) is 3.28. The second-order valence-electron chi connectivity index (χ2n) is 6.91.